The number of carbonyl (C=O) groups is 2. The standard InChI is InChI=1S/C16H20BrNO2/c1-3-4-5-6-7-8-18-14-11(2)9-12(17)10-13(14)15(19)16(18)20/h9-10H,3-8H2,1-2H3. The molecule has 0 aromatic heterocycles. The Morgan fingerprint density at radius 1 is 1.10 bits per heavy atom. The summed E-state index contributed by atoms with van der Waals surface area (Å²) in [5.41, 5.74) is 2.32. The number of hydrogen-bond donors (Lipinski definition) is 0. The van der Waals surface area contributed by atoms with Crippen LogP contribution in [0.3, 0.4) is 0 Å². The molecule has 0 saturated heterocycles. The van der Waals surface area contributed by atoms with Gasteiger partial charge in [0.25, 0.3) is 11.7 Å². The maximum absolute atomic E-state index is 12.1. The van der Waals surface area contributed by atoms with Crippen molar-refractivity contribution in [3.8, 4) is 0 Å². The van der Waals surface area contributed by atoms with Crippen molar-refractivity contribution in [2.75, 3.05) is 11.4 Å². The molecule has 0 aliphatic carbocycles. The summed E-state index contributed by atoms with van der Waals surface area (Å²) in [6, 6.07) is 3.70. The number of nitrogens with zero attached hydrogens (tertiary/aromatic N) is 1. The zero-order valence-corrected chi connectivity index (χ0v) is 13.6. The van der Waals surface area contributed by atoms with Crippen molar-refractivity contribution < 1.29 is 9.59 Å². The van der Waals surface area contributed by atoms with Gasteiger partial charge < -0.3 is 4.90 Å². The molecule has 4 heteroatoms. The highest BCUT2D eigenvalue weighted by atomic mass is 79.9. The third-order valence-electron chi connectivity index (χ3n) is 3.70. The third kappa shape index (κ3) is 2.95. The highest BCUT2D eigenvalue weighted by Gasteiger charge is 2.36. The second-order valence-corrected chi connectivity index (χ2v) is 6.23. The van der Waals surface area contributed by atoms with Crippen LogP contribution < -0.4 is 4.90 Å². The number of rotatable bonds is 6. The van der Waals surface area contributed by atoms with Crippen molar-refractivity contribution in [1.82, 2.24) is 0 Å². The van der Waals surface area contributed by atoms with E-state index in [4.69, 9.17) is 0 Å². The number of benzene rings is 1. The molecular weight excluding hydrogens is 318 g/mol. The fraction of sp³-hybridized carbons (Fsp3) is 0.500. The van der Waals surface area contributed by atoms with Crippen molar-refractivity contribution >= 4 is 33.3 Å². The van der Waals surface area contributed by atoms with Crippen molar-refractivity contribution in [3.05, 3.63) is 27.7 Å². The first kappa shape index (κ1) is 15.2. The Morgan fingerprint density at radius 3 is 2.50 bits per heavy atom. The summed E-state index contributed by atoms with van der Waals surface area (Å²) in [6.07, 6.45) is 5.69. The molecule has 1 aromatic rings. The van der Waals surface area contributed by atoms with Gasteiger partial charge >= 0.3 is 0 Å². The lowest BCUT2D eigenvalue weighted by atomic mass is 10.1. The average Bonchev–Trinajstić information content (AvgIpc) is 2.64. The SMILES string of the molecule is CCCCCCCN1C(=O)C(=O)c2cc(Br)cc(C)c21. The third-order valence-corrected chi connectivity index (χ3v) is 4.16. The molecular formula is C16H20BrNO2. The summed E-state index contributed by atoms with van der Waals surface area (Å²) in [5.74, 6) is -0.755. The molecule has 20 heavy (non-hydrogen) atoms. The van der Waals surface area contributed by atoms with Crippen molar-refractivity contribution in [2.24, 2.45) is 0 Å². The lowest BCUT2D eigenvalue weighted by Gasteiger charge is -2.18. The van der Waals surface area contributed by atoms with Gasteiger partial charge in [-0.25, -0.2) is 0 Å². The van der Waals surface area contributed by atoms with Crippen LogP contribution in [0.1, 0.15) is 54.9 Å². The fourth-order valence-corrected chi connectivity index (χ4v) is 3.27. The molecule has 0 spiro atoms. The normalized spacial score (nSPS) is 14.1. The van der Waals surface area contributed by atoms with Gasteiger partial charge in [-0.05, 0) is 31.0 Å². The van der Waals surface area contributed by atoms with Crippen LogP contribution in [0.5, 0.6) is 0 Å². The van der Waals surface area contributed by atoms with Crippen LogP contribution in [-0.4, -0.2) is 18.2 Å². The Kier molecular flexibility index (Phi) is 4.97. The Morgan fingerprint density at radius 2 is 1.80 bits per heavy atom. The molecule has 1 heterocycles. The van der Waals surface area contributed by atoms with Crippen LogP contribution in [0.15, 0.2) is 16.6 Å². The molecule has 1 aliphatic heterocycles. The Balaban J connectivity index is 2.12. The van der Waals surface area contributed by atoms with Crippen LogP contribution in [0.4, 0.5) is 5.69 Å². The van der Waals surface area contributed by atoms with Gasteiger partial charge in [0.1, 0.15) is 0 Å². The van der Waals surface area contributed by atoms with Gasteiger partial charge in [-0.3, -0.25) is 9.59 Å². The monoisotopic (exact) mass is 337 g/mol. The minimum Gasteiger partial charge on any atom is -0.304 e. The van der Waals surface area contributed by atoms with E-state index in [0.29, 0.717) is 12.1 Å². The number of halogens is 1. The first-order chi connectivity index (χ1) is 9.56. The second-order valence-electron chi connectivity index (χ2n) is 5.32. The van der Waals surface area contributed by atoms with Crippen LogP contribution in [0, 0.1) is 6.92 Å². The van der Waals surface area contributed by atoms with E-state index in [9.17, 15) is 9.59 Å². The van der Waals surface area contributed by atoms with Crippen LogP contribution in [-0.2, 0) is 4.79 Å². The molecule has 0 fully saturated rings. The van der Waals surface area contributed by atoms with Crippen LogP contribution in [0.25, 0.3) is 0 Å². The summed E-state index contributed by atoms with van der Waals surface area (Å²) >= 11 is 3.38. The number of amides is 1. The molecule has 1 aliphatic rings. The maximum atomic E-state index is 12.1. The summed E-state index contributed by atoms with van der Waals surface area (Å²) in [6.45, 7) is 4.77. The summed E-state index contributed by atoms with van der Waals surface area (Å²) in [5, 5.41) is 0. The van der Waals surface area contributed by atoms with Crippen LogP contribution in [0.2, 0.25) is 0 Å². The molecule has 1 aromatic carbocycles. The van der Waals surface area contributed by atoms with Gasteiger partial charge in [0, 0.05) is 11.0 Å². The minimum absolute atomic E-state index is 0.377. The van der Waals surface area contributed by atoms with Gasteiger partial charge in [0.2, 0.25) is 0 Å². The lowest BCUT2D eigenvalue weighted by Crippen LogP contribution is -2.31. The largest absolute Gasteiger partial charge is 0.304 e. The zero-order chi connectivity index (χ0) is 14.7. The quantitative estimate of drug-likeness (QED) is 0.574. The number of fused-ring (bicyclic) bond motifs is 1. The number of anilines is 1. The van der Waals surface area contributed by atoms with Crippen molar-refractivity contribution in [2.45, 2.75) is 46.0 Å². The Hall–Kier alpha value is -1.16. The lowest BCUT2D eigenvalue weighted by molar-refractivity contribution is -0.114. The number of aryl methyl sites for hydroxylation is 1. The summed E-state index contributed by atoms with van der Waals surface area (Å²) in [4.78, 5) is 25.8. The second kappa shape index (κ2) is 6.53. The van der Waals surface area contributed by atoms with Crippen LogP contribution >= 0.6 is 15.9 Å². The van der Waals surface area contributed by atoms with E-state index in [1.165, 1.54) is 19.3 Å². The Bertz CT molecular complexity index is 540. The number of ketones is 1. The van der Waals surface area contributed by atoms with Crippen molar-refractivity contribution in [3.63, 3.8) is 0 Å². The smallest absolute Gasteiger partial charge is 0.299 e. The summed E-state index contributed by atoms with van der Waals surface area (Å²) in [7, 11) is 0. The highest BCUT2D eigenvalue weighted by molar-refractivity contribution is 9.10. The average molecular weight is 338 g/mol. The molecule has 3 nitrogen and oxygen atoms in total. The van der Waals surface area contributed by atoms with Gasteiger partial charge in [-0.2, -0.15) is 0 Å². The van der Waals surface area contributed by atoms with E-state index in [1.807, 2.05) is 13.0 Å². The molecule has 0 atom stereocenters. The molecule has 0 unspecified atom stereocenters. The van der Waals surface area contributed by atoms with Gasteiger partial charge in [0.05, 0.1) is 11.3 Å². The van der Waals surface area contributed by atoms with E-state index in [0.717, 1.165) is 28.6 Å². The molecule has 0 bridgehead atoms. The molecule has 108 valence electrons. The number of hydrogen-bond acceptors (Lipinski definition) is 2. The maximum Gasteiger partial charge on any atom is 0.299 e. The van der Waals surface area contributed by atoms with E-state index in [2.05, 4.69) is 22.9 Å². The minimum atomic E-state index is -0.378. The Labute approximate surface area is 128 Å². The van der Waals surface area contributed by atoms with E-state index < -0.39 is 0 Å². The highest BCUT2D eigenvalue weighted by Crippen LogP contribution is 2.35. The number of unbranched alkanes of at least 4 members (excludes halogenated alkanes) is 4. The molecule has 1 amide bonds. The first-order valence-electron chi connectivity index (χ1n) is 7.22. The van der Waals surface area contributed by atoms with E-state index >= 15 is 0 Å². The predicted octanol–water partition coefficient (Wildman–Crippen LogP) is 4.26. The van der Waals surface area contributed by atoms with E-state index in [-0.39, 0.29) is 11.7 Å². The fourth-order valence-electron chi connectivity index (χ4n) is 2.69. The number of carbonyl (C=O) groups excluding carboxylic acids is 2. The van der Waals surface area contributed by atoms with Gasteiger partial charge in [-0.1, -0.05) is 48.5 Å². The molecule has 0 saturated carbocycles. The van der Waals surface area contributed by atoms with Gasteiger partial charge in [0.15, 0.2) is 0 Å². The summed E-state index contributed by atoms with van der Waals surface area (Å²) < 4.78 is 0.847. The molecule has 2 rings (SSSR count). The van der Waals surface area contributed by atoms with E-state index in [1.54, 1.807) is 11.0 Å². The predicted molar refractivity (Wildman–Crippen MR) is 84.3 cm³/mol. The topological polar surface area (TPSA) is 37.4 Å². The molecule has 0 N–H and O–H groups in total. The number of Topliss-reactive ketones (excluding diaryl/α,β-unsaturated/α-hetero) is 1. The first-order valence-corrected chi connectivity index (χ1v) is 8.02. The molecule has 0 radical (unpaired) electrons. The van der Waals surface area contributed by atoms with Crippen molar-refractivity contribution in [1.29, 1.82) is 0 Å². The van der Waals surface area contributed by atoms with Gasteiger partial charge in [-0.15, -0.1) is 0 Å². The zero-order valence-electron chi connectivity index (χ0n) is 12.0.